The molecular weight excluding hydrogens is 395 g/mol. The van der Waals surface area contributed by atoms with Crippen molar-refractivity contribution >= 4 is 33.2 Å². The molecule has 2 aromatic carbocycles. The number of hydrogen-bond donors (Lipinski definition) is 1. The maximum absolute atomic E-state index is 13.8. The van der Waals surface area contributed by atoms with Crippen LogP contribution in [0.1, 0.15) is 5.56 Å². The van der Waals surface area contributed by atoms with E-state index in [-0.39, 0.29) is 35.0 Å². The Balaban J connectivity index is 1.75. The first-order chi connectivity index (χ1) is 12.9. The molecule has 27 heavy (non-hydrogen) atoms. The van der Waals surface area contributed by atoms with Gasteiger partial charge in [0.1, 0.15) is 5.82 Å². The quantitative estimate of drug-likeness (QED) is 0.819. The molecule has 0 aromatic heterocycles. The minimum absolute atomic E-state index is 0.0751. The van der Waals surface area contributed by atoms with E-state index in [2.05, 4.69) is 5.32 Å². The van der Waals surface area contributed by atoms with E-state index in [1.165, 1.54) is 34.6 Å². The van der Waals surface area contributed by atoms with Crippen LogP contribution in [0.5, 0.6) is 0 Å². The number of halogens is 2. The summed E-state index contributed by atoms with van der Waals surface area (Å²) >= 11 is 5.93. The van der Waals surface area contributed by atoms with Crippen molar-refractivity contribution in [1.29, 1.82) is 0 Å². The summed E-state index contributed by atoms with van der Waals surface area (Å²) in [6, 6.07) is 10.1. The fourth-order valence-electron chi connectivity index (χ4n) is 2.74. The third kappa shape index (κ3) is 4.65. The first kappa shape index (κ1) is 19.8. The summed E-state index contributed by atoms with van der Waals surface area (Å²) in [5.41, 5.74) is 0.399. The lowest BCUT2D eigenvalue weighted by Gasteiger charge is -2.26. The van der Waals surface area contributed by atoms with Crippen molar-refractivity contribution in [3.63, 3.8) is 0 Å². The van der Waals surface area contributed by atoms with Gasteiger partial charge in [-0.05, 0) is 30.3 Å². The Morgan fingerprint density at radius 2 is 1.89 bits per heavy atom. The van der Waals surface area contributed by atoms with Crippen LogP contribution in [-0.4, -0.2) is 44.9 Å². The number of rotatable bonds is 5. The highest BCUT2D eigenvalue weighted by Gasteiger charge is 2.26. The Labute approximate surface area is 161 Å². The van der Waals surface area contributed by atoms with Crippen LogP contribution >= 0.6 is 11.6 Å². The van der Waals surface area contributed by atoms with E-state index in [1.807, 2.05) is 0 Å². The average Bonchev–Trinajstić information content (AvgIpc) is 2.66. The highest BCUT2D eigenvalue weighted by atomic mass is 35.5. The molecule has 6 nitrogen and oxygen atoms in total. The van der Waals surface area contributed by atoms with E-state index in [0.29, 0.717) is 18.9 Å². The largest absolute Gasteiger partial charge is 0.379 e. The normalized spacial score (nSPS) is 15.5. The van der Waals surface area contributed by atoms with Crippen LogP contribution in [0.3, 0.4) is 0 Å². The lowest BCUT2D eigenvalue weighted by molar-refractivity contribution is -0.115. The molecule has 1 saturated heterocycles. The van der Waals surface area contributed by atoms with E-state index in [4.69, 9.17) is 16.3 Å². The summed E-state index contributed by atoms with van der Waals surface area (Å²) in [6.07, 6.45) is -0.258. The van der Waals surface area contributed by atoms with Gasteiger partial charge < -0.3 is 10.1 Å². The molecule has 1 amide bonds. The Bertz CT molecular complexity index is 926. The number of nitrogens with zero attached hydrogens (tertiary/aromatic N) is 1. The van der Waals surface area contributed by atoms with Crippen molar-refractivity contribution in [3.8, 4) is 0 Å². The van der Waals surface area contributed by atoms with Crippen LogP contribution < -0.4 is 5.32 Å². The topological polar surface area (TPSA) is 75.7 Å². The highest BCUT2D eigenvalue weighted by Crippen LogP contribution is 2.22. The molecule has 0 saturated carbocycles. The Morgan fingerprint density at radius 1 is 1.19 bits per heavy atom. The molecule has 1 fully saturated rings. The fraction of sp³-hybridized carbons (Fsp3) is 0.278. The van der Waals surface area contributed by atoms with Crippen molar-refractivity contribution in [1.82, 2.24) is 4.31 Å². The van der Waals surface area contributed by atoms with Gasteiger partial charge in [-0.1, -0.05) is 23.7 Å². The molecule has 0 atom stereocenters. The summed E-state index contributed by atoms with van der Waals surface area (Å²) < 4.78 is 45.7. The zero-order valence-electron chi connectivity index (χ0n) is 14.3. The second kappa shape index (κ2) is 8.35. The fourth-order valence-corrected chi connectivity index (χ4v) is 4.42. The third-order valence-corrected chi connectivity index (χ3v) is 6.37. The van der Waals surface area contributed by atoms with Crippen molar-refractivity contribution < 1.29 is 22.3 Å². The second-order valence-electron chi connectivity index (χ2n) is 5.97. The molecule has 0 aliphatic carbocycles. The van der Waals surface area contributed by atoms with E-state index in [0.717, 1.165) is 0 Å². The van der Waals surface area contributed by atoms with Gasteiger partial charge in [-0.25, -0.2) is 12.8 Å². The number of benzene rings is 2. The summed E-state index contributed by atoms with van der Waals surface area (Å²) in [5, 5.41) is 2.75. The molecule has 3 rings (SSSR count). The number of carbonyl (C=O) groups is 1. The predicted octanol–water partition coefficient (Wildman–Crippen LogP) is 2.68. The molecule has 144 valence electrons. The van der Waals surface area contributed by atoms with Crippen LogP contribution in [0.25, 0.3) is 0 Å². The minimum atomic E-state index is -3.67. The maximum atomic E-state index is 13.8. The minimum Gasteiger partial charge on any atom is -0.379 e. The molecule has 2 aromatic rings. The zero-order chi connectivity index (χ0) is 19.4. The number of ether oxygens (including phenoxy) is 1. The molecule has 9 heteroatoms. The van der Waals surface area contributed by atoms with Gasteiger partial charge in [-0.3, -0.25) is 4.79 Å². The van der Waals surface area contributed by atoms with Crippen LogP contribution in [0.4, 0.5) is 10.1 Å². The number of carbonyl (C=O) groups excluding carboxylic acids is 1. The monoisotopic (exact) mass is 412 g/mol. The van der Waals surface area contributed by atoms with E-state index in [1.54, 1.807) is 12.1 Å². The van der Waals surface area contributed by atoms with Crippen LogP contribution in [-0.2, 0) is 26.0 Å². The van der Waals surface area contributed by atoms with Crippen molar-refractivity contribution in [2.24, 2.45) is 0 Å². The zero-order valence-corrected chi connectivity index (χ0v) is 15.9. The van der Waals surface area contributed by atoms with Gasteiger partial charge in [-0.15, -0.1) is 0 Å². The van der Waals surface area contributed by atoms with Crippen LogP contribution in [0.2, 0.25) is 5.02 Å². The SMILES string of the molecule is O=C(Cc1c(F)cccc1Cl)Nc1cccc(S(=O)(=O)N2CCOCC2)c1. The number of anilines is 1. The number of hydrogen-bond acceptors (Lipinski definition) is 4. The van der Waals surface area contributed by atoms with Crippen molar-refractivity contribution in [3.05, 3.63) is 58.9 Å². The van der Waals surface area contributed by atoms with Gasteiger partial charge in [-0.2, -0.15) is 4.31 Å². The number of amides is 1. The first-order valence-electron chi connectivity index (χ1n) is 8.28. The number of sulfonamides is 1. The Morgan fingerprint density at radius 3 is 2.59 bits per heavy atom. The van der Waals surface area contributed by atoms with Crippen LogP contribution in [0, 0.1) is 5.82 Å². The smallest absolute Gasteiger partial charge is 0.243 e. The molecular formula is C18H18ClFN2O4S. The average molecular weight is 413 g/mol. The molecule has 1 N–H and O–H groups in total. The molecule has 1 heterocycles. The van der Waals surface area contributed by atoms with Crippen molar-refractivity contribution in [2.45, 2.75) is 11.3 Å². The summed E-state index contributed by atoms with van der Waals surface area (Å²) in [6.45, 7) is 1.26. The van der Waals surface area contributed by atoms with E-state index < -0.39 is 21.7 Å². The van der Waals surface area contributed by atoms with E-state index >= 15 is 0 Å². The maximum Gasteiger partial charge on any atom is 0.243 e. The second-order valence-corrected chi connectivity index (χ2v) is 8.31. The van der Waals surface area contributed by atoms with Gasteiger partial charge in [0.05, 0.1) is 24.5 Å². The lowest BCUT2D eigenvalue weighted by atomic mass is 10.1. The van der Waals surface area contributed by atoms with Gasteiger partial charge in [0.2, 0.25) is 15.9 Å². The van der Waals surface area contributed by atoms with Crippen molar-refractivity contribution in [2.75, 3.05) is 31.6 Å². The molecule has 1 aliphatic heterocycles. The summed E-state index contributed by atoms with van der Waals surface area (Å²) in [4.78, 5) is 12.3. The number of nitrogens with one attached hydrogen (secondary N) is 1. The third-order valence-electron chi connectivity index (χ3n) is 4.12. The standard InChI is InChI=1S/C18H18ClFN2O4S/c19-16-5-2-6-17(20)15(16)12-18(23)21-13-3-1-4-14(11-13)27(24,25)22-7-9-26-10-8-22/h1-6,11H,7-10,12H2,(H,21,23). The Kier molecular flexibility index (Phi) is 6.11. The van der Waals surface area contributed by atoms with Gasteiger partial charge >= 0.3 is 0 Å². The Hall–Kier alpha value is -2.00. The molecule has 0 bridgehead atoms. The predicted molar refractivity (Wildman–Crippen MR) is 99.8 cm³/mol. The highest BCUT2D eigenvalue weighted by molar-refractivity contribution is 7.89. The number of morpholine rings is 1. The first-order valence-corrected chi connectivity index (χ1v) is 10.1. The lowest BCUT2D eigenvalue weighted by Crippen LogP contribution is -2.40. The van der Waals surface area contributed by atoms with Gasteiger partial charge in [0, 0.05) is 29.4 Å². The summed E-state index contributed by atoms with van der Waals surface area (Å²) in [5.74, 6) is -1.07. The summed E-state index contributed by atoms with van der Waals surface area (Å²) in [7, 11) is -3.67. The molecule has 0 unspecified atom stereocenters. The van der Waals surface area contributed by atoms with Gasteiger partial charge in [0.25, 0.3) is 0 Å². The molecule has 0 spiro atoms. The molecule has 1 aliphatic rings. The van der Waals surface area contributed by atoms with Gasteiger partial charge in [0.15, 0.2) is 0 Å². The van der Waals surface area contributed by atoms with E-state index in [9.17, 15) is 17.6 Å². The molecule has 0 radical (unpaired) electrons. The van der Waals surface area contributed by atoms with Crippen LogP contribution in [0.15, 0.2) is 47.4 Å².